The van der Waals surface area contributed by atoms with Crippen molar-refractivity contribution in [3.05, 3.63) is 59.1 Å². The lowest BCUT2D eigenvalue weighted by molar-refractivity contribution is 1.14. The van der Waals surface area contributed by atoms with Gasteiger partial charge in [-0.05, 0) is 35.2 Å². The zero-order valence-electron chi connectivity index (χ0n) is 8.63. The number of hydrogen-bond donors (Lipinski definition) is 0. The van der Waals surface area contributed by atoms with Gasteiger partial charge in [-0.3, -0.25) is 0 Å². The van der Waals surface area contributed by atoms with Gasteiger partial charge in [-0.25, -0.2) is 0 Å². The zero-order valence-corrected chi connectivity index (χ0v) is 9.38. The fourth-order valence-corrected chi connectivity index (χ4v) is 1.67. The Kier molecular flexibility index (Phi) is 3.08. The molecular weight excluding hydrogens is 204 g/mol. The molecule has 0 saturated carbocycles. The number of halogens is 1. The number of hydrogen-bond acceptors (Lipinski definition) is 0. The molecule has 0 atom stereocenters. The van der Waals surface area contributed by atoms with E-state index in [4.69, 9.17) is 11.6 Å². The molecule has 0 N–H and O–H groups in total. The van der Waals surface area contributed by atoms with Crippen molar-refractivity contribution in [1.29, 1.82) is 0 Å². The number of aryl methyl sites for hydroxylation is 1. The summed E-state index contributed by atoms with van der Waals surface area (Å²) in [7, 11) is 0. The monoisotopic (exact) mass is 215 g/mol. The average Bonchev–Trinajstić information content (AvgIpc) is 2.30. The Morgan fingerprint density at radius 3 is 2.67 bits per heavy atom. The summed E-state index contributed by atoms with van der Waals surface area (Å²) in [5.41, 5.74) is 3.74. The van der Waals surface area contributed by atoms with Crippen molar-refractivity contribution in [3.63, 3.8) is 0 Å². The second-order valence-corrected chi connectivity index (χ2v) is 3.89. The van der Waals surface area contributed by atoms with E-state index in [-0.39, 0.29) is 0 Å². The van der Waals surface area contributed by atoms with Crippen molar-refractivity contribution in [1.82, 2.24) is 0 Å². The van der Waals surface area contributed by atoms with Crippen molar-refractivity contribution in [2.24, 2.45) is 0 Å². The molecule has 0 aliphatic carbocycles. The van der Waals surface area contributed by atoms with Crippen LogP contribution in [0.25, 0.3) is 11.1 Å². The molecule has 0 aromatic heterocycles. The minimum absolute atomic E-state index is 0.658. The summed E-state index contributed by atoms with van der Waals surface area (Å²) in [4.78, 5) is 0. The first kappa shape index (κ1) is 10.3. The number of benzene rings is 2. The predicted octanol–water partition coefficient (Wildman–Crippen LogP) is 4.37. The molecule has 2 aromatic carbocycles. The summed E-state index contributed by atoms with van der Waals surface area (Å²) >= 11 is 5.80. The van der Waals surface area contributed by atoms with Gasteiger partial charge in [0.1, 0.15) is 0 Å². The zero-order chi connectivity index (χ0) is 10.7. The van der Waals surface area contributed by atoms with E-state index >= 15 is 0 Å². The van der Waals surface area contributed by atoms with E-state index in [1.54, 1.807) is 0 Å². The van der Waals surface area contributed by atoms with Gasteiger partial charge in [0.2, 0.25) is 0 Å². The van der Waals surface area contributed by atoms with Gasteiger partial charge in [0.15, 0.2) is 0 Å². The van der Waals surface area contributed by atoms with Crippen LogP contribution in [0.4, 0.5) is 0 Å². The maximum absolute atomic E-state index is 5.80. The van der Waals surface area contributed by atoms with Crippen LogP contribution in [0.5, 0.6) is 0 Å². The lowest BCUT2D eigenvalue weighted by Gasteiger charge is -2.03. The summed E-state index contributed by atoms with van der Waals surface area (Å²) < 4.78 is 0. The third kappa shape index (κ3) is 2.40. The van der Waals surface area contributed by atoms with Gasteiger partial charge in [0, 0.05) is 11.1 Å². The van der Waals surface area contributed by atoms with E-state index in [2.05, 4.69) is 37.3 Å². The molecule has 1 heteroatoms. The quantitative estimate of drug-likeness (QED) is 0.698. The molecule has 0 aliphatic rings. The summed E-state index contributed by atoms with van der Waals surface area (Å²) in [5, 5.41) is 0.658. The molecule has 2 aromatic rings. The molecule has 2 rings (SSSR count). The summed E-state index contributed by atoms with van der Waals surface area (Å²) in [6.07, 6.45) is 1.06. The average molecular weight is 216 g/mol. The van der Waals surface area contributed by atoms with Crippen LogP contribution in [0, 0.1) is 6.07 Å². The highest BCUT2D eigenvalue weighted by Crippen LogP contribution is 2.22. The van der Waals surface area contributed by atoms with Crippen LogP contribution in [0.2, 0.25) is 5.02 Å². The second-order valence-electron chi connectivity index (χ2n) is 3.48. The summed E-state index contributed by atoms with van der Waals surface area (Å²) in [6.45, 7) is 2.16. The van der Waals surface area contributed by atoms with E-state index in [9.17, 15) is 0 Å². The molecule has 75 valence electrons. The van der Waals surface area contributed by atoms with Crippen LogP contribution >= 0.6 is 11.6 Å². The number of rotatable bonds is 2. The topological polar surface area (TPSA) is 0 Å². The molecule has 0 aliphatic heterocycles. The molecule has 0 unspecified atom stereocenters. The fraction of sp³-hybridized carbons (Fsp3) is 0.143. The molecule has 15 heavy (non-hydrogen) atoms. The van der Waals surface area contributed by atoms with E-state index in [0.29, 0.717) is 5.02 Å². The van der Waals surface area contributed by atoms with Gasteiger partial charge in [-0.1, -0.05) is 48.9 Å². The molecule has 0 spiro atoms. The molecule has 0 heterocycles. The van der Waals surface area contributed by atoms with Crippen LogP contribution in [0.15, 0.2) is 42.5 Å². The molecule has 0 bridgehead atoms. The van der Waals surface area contributed by atoms with Crippen molar-refractivity contribution >= 4 is 11.6 Å². The van der Waals surface area contributed by atoms with Crippen LogP contribution in [-0.2, 0) is 6.42 Å². The van der Waals surface area contributed by atoms with Gasteiger partial charge < -0.3 is 0 Å². The summed E-state index contributed by atoms with van der Waals surface area (Å²) in [6, 6.07) is 17.4. The van der Waals surface area contributed by atoms with Crippen LogP contribution < -0.4 is 0 Å². The molecule has 0 saturated heterocycles. The van der Waals surface area contributed by atoms with Crippen molar-refractivity contribution < 1.29 is 0 Å². The SMILES string of the molecule is CCc1cccc(-c2c[c]c(Cl)cc2)c1. The third-order valence-electron chi connectivity index (χ3n) is 2.44. The van der Waals surface area contributed by atoms with Gasteiger partial charge in [0.25, 0.3) is 0 Å². The Morgan fingerprint density at radius 2 is 2.00 bits per heavy atom. The smallest absolute Gasteiger partial charge is 0.0485 e. The molecule has 1 radical (unpaired) electrons. The maximum Gasteiger partial charge on any atom is 0.0485 e. The normalized spacial score (nSPS) is 10.3. The van der Waals surface area contributed by atoms with E-state index in [1.807, 2.05) is 18.2 Å². The van der Waals surface area contributed by atoms with Crippen LogP contribution in [0.1, 0.15) is 12.5 Å². The van der Waals surface area contributed by atoms with Gasteiger partial charge in [-0.2, -0.15) is 0 Å². The highest BCUT2D eigenvalue weighted by atomic mass is 35.5. The Balaban J connectivity index is 2.40. The first-order chi connectivity index (χ1) is 7.29. The highest BCUT2D eigenvalue weighted by Gasteiger charge is 1.98. The standard InChI is InChI=1S/C14H12Cl/c1-2-11-4-3-5-13(10-11)12-6-8-14(15)9-7-12/h3-8,10H,2H2,1H3. The van der Waals surface area contributed by atoms with Gasteiger partial charge >= 0.3 is 0 Å². The highest BCUT2D eigenvalue weighted by molar-refractivity contribution is 6.30. The Bertz CT molecular complexity index is 443. The Labute approximate surface area is 95.5 Å². The van der Waals surface area contributed by atoms with Crippen molar-refractivity contribution in [3.8, 4) is 11.1 Å². The second kappa shape index (κ2) is 4.50. The van der Waals surface area contributed by atoms with Crippen LogP contribution in [-0.4, -0.2) is 0 Å². The predicted molar refractivity (Wildman–Crippen MR) is 65.1 cm³/mol. The van der Waals surface area contributed by atoms with Crippen LogP contribution in [0.3, 0.4) is 0 Å². The lowest BCUT2D eigenvalue weighted by atomic mass is 10.0. The summed E-state index contributed by atoms with van der Waals surface area (Å²) in [5.74, 6) is 0. The Hall–Kier alpha value is -1.27. The Morgan fingerprint density at radius 1 is 1.13 bits per heavy atom. The molecule has 0 nitrogen and oxygen atoms in total. The van der Waals surface area contributed by atoms with Gasteiger partial charge in [-0.15, -0.1) is 0 Å². The van der Waals surface area contributed by atoms with E-state index in [1.165, 1.54) is 11.1 Å². The van der Waals surface area contributed by atoms with E-state index in [0.717, 1.165) is 12.0 Å². The third-order valence-corrected chi connectivity index (χ3v) is 2.68. The minimum atomic E-state index is 0.658. The van der Waals surface area contributed by atoms with Crippen molar-refractivity contribution in [2.45, 2.75) is 13.3 Å². The molecule has 0 fully saturated rings. The first-order valence-corrected chi connectivity index (χ1v) is 5.44. The van der Waals surface area contributed by atoms with Crippen molar-refractivity contribution in [2.75, 3.05) is 0 Å². The molecular formula is C14H12Cl. The van der Waals surface area contributed by atoms with Gasteiger partial charge in [0.05, 0.1) is 0 Å². The minimum Gasteiger partial charge on any atom is -0.0837 e. The fourth-order valence-electron chi connectivity index (χ4n) is 1.56. The largest absolute Gasteiger partial charge is 0.0837 e. The maximum atomic E-state index is 5.80. The first-order valence-electron chi connectivity index (χ1n) is 5.06. The lowest BCUT2D eigenvalue weighted by Crippen LogP contribution is -1.82. The van der Waals surface area contributed by atoms with E-state index < -0.39 is 0 Å². The molecule has 0 amide bonds.